The third-order valence-electron chi connectivity index (χ3n) is 3.90. The van der Waals surface area contributed by atoms with Crippen LogP contribution >= 0.6 is 23.2 Å². The van der Waals surface area contributed by atoms with Crippen molar-refractivity contribution in [1.82, 2.24) is 5.32 Å². The molecule has 0 bridgehead atoms. The van der Waals surface area contributed by atoms with Gasteiger partial charge >= 0.3 is 5.97 Å². The highest BCUT2D eigenvalue weighted by atomic mass is 35.5. The smallest absolute Gasteiger partial charge is 0.303 e. The first-order valence-corrected chi connectivity index (χ1v) is 8.76. The molecule has 1 unspecified atom stereocenters. The van der Waals surface area contributed by atoms with Crippen molar-refractivity contribution in [3.63, 3.8) is 0 Å². The Balaban J connectivity index is 2.09. The van der Waals surface area contributed by atoms with Crippen LogP contribution in [0.2, 0.25) is 10.0 Å². The highest BCUT2D eigenvalue weighted by Gasteiger charge is 2.15. The molecule has 2 rings (SSSR count). The molecule has 4 nitrogen and oxygen atoms in total. The van der Waals surface area contributed by atoms with Crippen LogP contribution in [0, 0.1) is 0 Å². The average molecular weight is 382 g/mol. The largest absolute Gasteiger partial charge is 0.495 e. The van der Waals surface area contributed by atoms with E-state index >= 15 is 0 Å². The van der Waals surface area contributed by atoms with E-state index in [-0.39, 0.29) is 12.5 Å². The summed E-state index contributed by atoms with van der Waals surface area (Å²) in [5.41, 5.74) is 2.00. The zero-order valence-electron chi connectivity index (χ0n) is 14.0. The van der Waals surface area contributed by atoms with Crippen molar-refractivity contribution in [2.45, 2.75) is 31.8 Å². The van der Waals surface area contributed by atoms with Crippen molar-refractivity contribution in [2.75, 3.05) is 7.11 Å². The van der Waals surface area contributed by atoms with Crippen LogP contribution < -0.4 is 10.1 Å². The van der Waals surface area contributed by atoms with Crippen molar-refractivity contribution in [1.29, 1.82) is 0 Å². The number of ether oxygens (including phenoxy) is 1. The number of hydrogen-bond acceptors (Lipinski definition) is 3. The fraction of sp³-hybridized carbons (Fsp3) is 0.316. The lowest BCUT2D eigenvalue weighted by molar-refractivity contribution is -0.137. The van der Waals surface area contributed by atoms with Gasteiger partial charge in [0.15, 0.2) is 0 Å². The molecular formula is C19H21Cl2NO3. The molecule has 2 aromatic rings. The summed E-state index contributed by atoms with van der Waals surface area (Å²) in [5.74, 6) is -0.224. The Hall–Kier alpha value is -1.75. The summed E-state index contributed by atoms with van der Waals surface area (Å²) >= 11 is 12.2. The zero-order valence-corrected chi connectivity index (χ0v) is 15.5. The molecule has 0 spiro atoms. The van der Waals surface area contributed by atoms with Crippen molar-refractivity contribution >= 4 is 29.2 Å². The van der Waals surface area contributed by atoms with E-state index in [1.807, 2.05) is 30.3 Å². The first-order valence-electron chi connectivity index (χ1n) is 8.00. The van der Waals surface area contributed by atoms with E-state index in [2.05, 4.69) is 5.32 Å². The number of nitrogens with one attached hydrogen (secondary N) is 1. The van der Waals surface area contributed by atoms with Gasteiger partial charge in [-0.25, -0.2) is 0 Å². The minimum absolute atomic E-state index is 0.0148. The Bertz CT molecular complexity index is 707. The summed E-state index contributed by atoms with van der Waals surface area (Å²) < 4.78 is 5.36. The van der Waals surface area contributed by atoms with Gasteiger partial charge in [-0.2, -0.15) is 0 Å². The minimum Gasteiger partial charge on any atom is -0.495 e. The van der Waals surface area contributed by atoms with Crippen LogP contribution in [-0.2, 0) is 17.8 Å². The van der Waals surface area contributed by atoms with Crippen LogP contribution in [0.25, 0.3) is 0 Å². The Morgan fingerprint density at radius 1 is 1.24 bits per heavy atom. The van der Waals surface area contributed by atoms with Gasteiger partial charge in [0.05, 0.1) is 12.1 Å². The van der Waals surface area contributed by atoms with Crippen molar-refractivity contribution in [3.05, 3.63) is 63.6 Å². The minimum atomic E-state index is -0.803. The van der Waals surface area contributed by atoms with E-state index in [9.17, 15) is 4.79 Å². The molecule has 0 aliphatic rings. The third kappa shape index (κ3) is 6.24. The number of carboxylic acids is 1. The molecule has 0 aliphatic carbocycles. The molecular weight excluding hydrogens is 361 g/mol. The average Bonchev–Trinajstić information content (AvgIpc) is 2.57. The maximum Gasteiger partial charge on any atom is 0.303 e. The van der Waals surface area contributed by atoms with E-state index in [1.165, 1.54) is 0 Å². The van der Waals surface area contributed by atoms with E-state index in [0.717, 1.165) is 17.5 Å². The van der Waals surface area contributed by atoms with Crippen LogP contribution in [0.4, 0.5) is 0 Å². The second kappa shape index (κ2) is 9.66. The highest BCUT2D eigenvalue weighted by molar-refractivity contribution is 6.35. The fourth-order valence-corrected chi connectivity index (χ4v) is 3.31. The molecule has 0 amide bonds. The summed E-state index contributed by atoms with van der Waals surface area (Å²) in [6.45, 7) is 0.487. The molecule has 0 aromatic heterocycles. The molecule has 0 saturated heterocycles. The Kier molecular flexibility index (Phi) is 7.56. The Morgan fingerprint density at radius 3 is 2.60 bits per heavy atom. The van der Waals surface area contributed by atoms with Gasteiger partial charge in [0.25, 0.3) is 0 Å². The van der Waals surface area contributed by atoms with Crippen LogP contribution in [0.1, 0.15) is 24.0 Å². The van der Waals surface area contributed by atoms with E-state index < -0.39 is 5.97 Å². The Labute approximate surface area is 157 Å². The lowest BCUT2D eigenvalue weighted by atomic mass is 10.0. The van der Waals surface area contributed by atoms with Crippen molar-refractivity contribution < 1.29 is 14.6 Å². The second-order valence-corrected chi connectivity index (χ2v) is 6.62. The molecule has 0 saturated carbocycles. The molecule has 134 valence electrons. The predicted octanol–water partition coefficient (Wildman–Crippen LogP) is 4.57. The van der Waals surface area contributed by atoms with Crippen LogP contribution in [0.5, 0.6) is 5.75 Å². The second-order valence-electron chi connectivity index (χ2n) is 5.78. The number of carbonyl (C=O) groups is 1. The molecule has 2 N–H and O–H groups in total. The van der Waals surface area contributed by atoms with Gasteiger partial charge in [-0.1, -0.05) is 53.5 Å². The first-order chi connectivity index (χ1) is 12.0. The fourth-order valence-electron chi connectivity index (χ4n) is 2.70. The normalized spacial score (nSPS) is 12.0. The lowest BCUT2D eigenvalue weighted by Crippen LogP contribution is -2.31. The lowest BCUT2D eigenvalue weighted by Gasteiger charge is -2.20. The van der Waals surface area contributed by atoms with E-state index in [0.29, 0.717) is 28.8 Å². The number of halogens is 2. The number of carboxylic acid groups (broad SMARTS) is 1. The van der Waals surface area contributed by atoms with Crippen LogP contribution in [-0.4, -0.2) is 24.2 Å². The van der Waals surface area contributed by atoms with Gasteiger partial charge in [-0.05, 0) is 30.5 Å². The van der Waals surface area contributed by atoms with Gasteiger partial charge in [0.1, 0.15) is 5.75 Å². The van der Waals surface area contributed by atoms with Crippen LogP contribution in [0.3, 0.4) is 0 Å². The maximum absolute atomic E-state index is 10.9. The highest BCUT2D eigenvalue weighted by Crippen LogP contribution is 2.32. The Morgan fingerprint density at radius 2 is 1.96 bits per heavy atom. The summed E-state index contributed by atoms with van der Waals surface area (Å²) in [7, 11) is 1.56. The SMILES string of the molecule is COc1c(Cl)cc(Cl)cc1CNC(CCC(=O)O)Cc1ccccc1. The van der Waals surface area contributed by atoms with Crippen molar-refractivity contribution in [2.24, 2.45) is 0 Å². The van der Waals surface area contributed by atoms with Gasteiger partial charge in [0, 0.05) is 29.6 Å². The quantitative estimate of drug-likeness (QED) is 0.667. The number of rotatable bonds is 9. The standard InChI is InChI=1S/C19H21Cl2NO3/c1-25-19-14(10-15(20)11-17(19)21)12-22-16(7-8-18(23)24)9-13-5-3-2-4-6-13/h2-6,10-11,16,22H,7-9,12H2,1H3,(H,23,24). The topological polar surface area (TPSA) is 58.6 Å². The van der Waals surface area contributed by atoms with Crippen LogP contribution in [0.15, 0.2) is 42.5 Å². The van der Waals surface area contributed by atoms with Crippen molar-refractivity contribution in [3.8, 4) is 5.75 Å². The number of benzene rings is 2. The van der Waals surface area contributed by atoms with Gasteiger partial charge in [-0.3, -0.25) is 4.79 Å². The number of aliphatic carboxylic acids is 1. The molecule has 6 heteroatoms. The van der Waals surface area contributed by atoms with E-state index in [4.69, 9.17) is 33.0 Å². The van der Waals surface area contributed by atoms with Gasteiger partial charge in [0.2, 0.25) is 0 Å². The summed E-state index contributed by atoms with van der Waals surface area (Å²) in [6.07, 6.45) is 1.38. The molecule has 1 atom stereocenters. The third-order valence-corrected chi connectivity index (χ3v) is 4.40. The molecule has 0 radical (unpaired) electrons. The molecule has 2 aromatic carbocycles. The van der Waals surface area contributed by atoms with Gasteiger partial charge in [-0.15, -0.1) is 0 Å². The van der Waals surface area contributed by atoms with E-state index in [1.54, 1.807) is 19.2 Å². The number of hydrogen-bond donors (Lipinski definition) is 2. The molecule has 25 heavy (non-hydrogen) atoms. The molecule has 0 aliphatic heterocycles. The molecule has 0 fully saturated rings. The first kappa shape index (κ1) is 19.6. The summed E-state index contributed by atoms with van der Waals surface area (Å²) in [5, 5.41) is 13.4. The summed E-state index contributed by atoms with van der Waals surface area (Å²) in [4.78, 5) is 10.9. The zero-order chi connectivity index (χ0) is 18.2. The molecule has 0 heterocycles. The monoisotopic (exact) mass is 381 g/mol. The summed E-state index contributed by atoms with van der Waals surface area (Å²) in [6, 6.07) is 13.4. The number of methoxy groups -OCH3 is 1. The maximum atomic E-state index is 10.9. The van der Waals surface area contributed by atoms with Gasteiger partial charge < -0.3 is 15.2 Å². The predicted molar refractivity (Wildman–Crippen MR) is 101 cm³/mol.